The van der Waals surface area contributed by atoms with Crippen molar-refractivity contribution in [2.75, 3.05) is 26.2 Å². The monoisotopic (exact) mass is 637 g/mol. The van der Waals surface area contributed by atoms with Gasteiger partial charge in [0, 0.05) is 18.4 Å². The van der Waals surface area contributed by atoms with E-state index in [1.54, 1.807) is 0 Å². The Labute approximate surface area is 253 Å². The Morgan fingerprint density at radius 1 is 0.860 bits per heavy atom. The van der Waals surface area contributed by atoms with Crippen LogP contribution in [0.1, 0.15) is 43.0 Å². The first-order chi connectivity index (χ1) is 20.4. The van der Waals surface area contributed by atoms with E-state index < -0.39 is 15.6 Å². The summed E-state index contributed by atoms with van der Waals surface area (Å²) in [7, 11) is -6.29. The highest BCUT2D eigenvalue weighted by Crippen LogP contribution is 2.32. The lowest BCUT2D eigenvalue weighted by molar-refractivity contribution is -0.141. The Morgan fingerprint density at radius 3 is 1.77 bits per heavy atom. The van der Waals surface area contributed by atoms with Crippen molar-refractivity contribution >= 4 is 32.8 Å². The number of ether oxygens (including phenoxy) is 1. The molecule has 0 atom stereocenters. The third-order valence-electron chi connectivity index (χ3n) is 6.75. The number of piperidine rings is 1. The van der Waals surface area contributed by atoms with Gasteiger partial charge in [0.1, 0.15) is 0 Å². The van der Waals surface area contributed by atoms with E-state index in [2.05, 4.69) is 65.6 Å². The van der Waals surface area contributed by atoms with Crippen LogP contribution in [0.25, 0.3) is 0 Å². The Bertz CT molecular complexity index is 1370. The maximum Gasteiger partial charge on any atom is 0.485 e. The molecule has 12 heteroatoms. The van der Waals surface area contributed by atoms with E-state index in [0.717, 1.165) is 50.9 Å². The van der Waals surface area contributed by atoms with Gasteiger partial charge in [-0.05, 0) is 93.8 Å². The first kappa shape index (κ1) is 34.3. The van der Waals surface area contributed by atoms with Crippen molar-refractivity contribution in [3.63, 3.8) is 0 Å². The minimum absolute atomic E-state index is 0.0969. The number of carbonyl (C=O) groups is 2. The molecule has 232 valence electrons. The molecule has 0 spiro atoms. The summed E-state index contributed by atoms with van der Waals surface area (Å²) in [5.41, 5.74) is -4.83. The standard InChI is InChI=1S/C30H34NO3S.CHF3O3S/c1-24(32)34-23-9-8-20-31-21-18-26(19-22-31)30(33)25-14-16-29(17-15-25)35(27-10-4-2-5-11-27)28-12-6-3-7-13-28;2-1(3,4)8(5,6)7/h2-7,10-17,26H,8-9,18-23H2,1H3;(H,5,6,7)/q+1;/p-1. The highest BCUT2D eigenvalue weighted by atomic mass is 32.2. The van der Waals surface area contributed by atoms with E-state index in [0.29, 0.717) is 6.61 Å². The number of carbonyl (C=O) groups excluding carboxylic acids is 2. The largest absolute Gasteiger partial charge is 0.741 e. The van der Waals surface area contributed by atoms with Gasteiger partial charge in [0.05, 0.1) is 17.5 Å². The third-order valence-corrected chi connectivity index (χ3v) is 9.55. The second-order valence-corrected chi connectivity index (χ2v) is 13.3. The van der Waals surface area contributed by atoms with Crippen molar-refractivity contribution in [1.82, 2.24) is 4.90 Å². The lowest BCUT2D eigenvalue weighted by atomic mass is 9.89. The summed E-state index contributed by atoms with van der Waals surface area (Å²) in [6, 6.07) is 29.5. The van der Waals surface area contributed by atoms with Gasteiger partial charge in [-0.2, -0.15) is 13.2 Å². The molecule has 0 bridgehead atoms. The molecule has 43 heavy (non-hydrogen) atoms. The van der Waals surface area contributed by atoms with Crippen molar-refractivity contribution in [2.45, 2.75) is 52.8 Å². The lowest BCUT2D eigenvalue weighted by Crippen LogP contribution is -2.37. The zero-order chi connectivity index (χ0) is 31.5. The summed E-state index contributed by atoms with van der Waals surface area (Å²) in [5, 5.41) is 0. The number of halogens is 3. The molecular formula is C31H34F3NO6S2. The maximum atomic E-state index is 13.2. The summed E-state index contributed by atoms with van der Waals surface area (Å²) in [4.78, 5) is 30.3. The SMILES string of the molecule is CC(=O)OCCCCN1CCC(C(=O)c2ccc([S+](c3ccccc3)c3ccccc3)cc2)CC1.O=S(=O)([O-])C(F)(F)F. The highest BCUT2D eigenvalue weighted by molar-refractivity contribution is 7.97. The summed E-state index contributed by atoms with van der Waals surface area (Å²) in [6.45, 7) is 4.84. The number of hydrogen-bond acceptors (Lipinski definition) is 7. The molecule has 1 aliphatic rings. The topological polar surface area (TPSA) is 104 Å². The fourth-order valence-corrected chi connectivity index (χ4v) is 6.67. The number of ketones is 1. The molecule has 1 heterocycles. The van der Waals surface area contributed by atoms with Crippen molar-refractivity contribution in [3.05, 3.63) is 90.5 Å². The maximum absolute atomic E-state index is 13.2. The van der Waals surface area contributed by atoms with Gasteiger partial charge in [0.15, 0.2) is 30.6 Å². The molecule has 0 aliphatic carbocycles. The van der Waals surface area contributed by atoms with Gasteiger partial charge in [-0.25, -0.2) is 8.42 Å². The summed E-state index contributed by atoms with van der Waals surface area (Å²) < 4.78 is 63.9. The van der Waals surface area contributed by atoms with E-state index in [1.165, 1.54) is 21.6 Å². The molecule has 0 N–H and O–H groups in total. The van der Waals surface area contributed by atoms with Gasteiger partial charge in [-0.15, -0.1) is 0 Å². The molecular weight excluding hydrogens is 603 g/mol. The van der Waals surface area contributed by atoms with E-state index in [1.807, 2.05) is 24.3 Å². The molecule has 1 saturated heterocycles. The Hall–Kier alpha value is -3.19. The van der Waals surface area contributed by atoms with Gasteiger partial charge < -0.3 is 14.2 Å². The van der Waals surface area contributed by atoms with E-state index in [-0.39, 0.29) is 28.6 Å². The van der Waals surface area contributed by atoms with Crippen molar-refractivity contribution < 1.29 is 40.5 Å². The minimum Gasteiger partial charge on any atom is -0.741 e. The van der Waals surface area contributed by atoms with Gasteiger partial charge in [0.25, 0.3) is 0 Å². The Kier molecular flexibility index (Phi) is 12.8. The smallest absolute Gasteiger partial charge is 0.485 e. The average molecular weight is 638 g/mol. The van der Waals surface area contributed by atoms with Crippen LogP contribution in [0.5, 0.6) is 0 Å². The molecule has 0 saturated carbocycles. The summed E-state index contributed by atoms with van der Waals surface area (Å²) in [6.07, 6.45) is 3.71. The number of likely N-dealkylation sites (tertiary alicyclic amines) is 1. The first-order valence-electron chi connectivity index (χ1n) is 13.7. The fourth-order valence-electron chi connectivity index (χ4n) is 4.58. The predicted molar refractivity (Wildman–Crippen MR) is 157 cm³/mol. The first-order valence-corrected chi connectivity index (χ1v) is 16.4. The average Bonchev–Trinajstić information content (AvgIpc) is 2.98. The van der Waals surface area contributed by atoms with Crippen LogP contribution in [-0.2, 0) is 30.5 Å². The van der Waals surface area contributed by atoms with Crippen LogP contribution in [0.3, 0.4) is 0 Å². The van der Waals surface area contributed by atoms with Crippen molar-refractivity contribution in [1.29, 1.82) is 0 Å². The van der Waals surface area contributed by atoms with Crippen molar-refractivity contribution in [3.8, 4) is 0 Å². The molecule has 3 aromatic rings. The van der Waals surface area contributed by atoms with Crippen LogP contribution >= 0.6 is 0 Å². The van der Waals surface area contributed by atoms with E-state index in [9.17, 15) is 22.8 Å². The van der Waals surface area contributed by atoms with Crippen LogP contribution in [0, 0.1) is 5.92 Å². The third kappa shape index (κ3) is 10.8. The molecule has 1 fully saturated rings. The predicted octanol–water partition coefficient (Wildman–Crippen LogP) is 6.07. The Balaban J connectivity index is 0.000000557. The van der Waals surface area contributed by atoms with Gasteiger partial charge in [-0.1, -0.05) is 36.4 Å². The van der Waals surface area contributed by atoms with Gasteiger partial charge >= 0.3 is 11.5 Å². The Morgan fingerprint density at radius 2 is 1.33 bits per heavy atom. The molecule has 3 aromatic carbocycles. The molecule has 4 rings (SSSR count). The normalized spacial score (nSPS) is 14.6. The zero-order valence-electron chi connectivity index (χ0n) is 23.7. The second kappa shape index (κ2) is 16.0. The number of unbranched alkanes of at least 4 members (excludes halogenated alkanes) is 1. The quantitative estimate of drug-likeness (QED) is 0.0664. The number of alkyl halides is 3. The number of Topliss-reactive ketones (excluding diaryl/α,β-unsaturated/α-hetero) is 1. The number of nitrogens with zero attached hydrogens (tertiary/aromatic N) is 1. The molecule has 0 aromatic heterocycles. The number of hydrogen-bond donors (Lipinski definition) is 0. The number of rotatable bonds is 10. The van der Waals surface area contributed by atoms with Crippen LogP contribution in [-0.4, -0.2) is 61.4 Å². The van der Waals surface area contributed by atoms with Crippen LogP contribution in [0.2, 0.25) is 0 Å². The van der Waals surface area contributed by atoms with Gasteiger partial charge in [0.2, 0.25) is 0 Å². The van der Waals surface area contributed by atoms with Crippen LogP contribution in [0.15, 0.2) is 99.6 Å². The molecule has 7 nitrogen and oxygen atoms in total. The summed E-state index contributed by atoms with van der Waals surface area (Å²) in [5.74, 6) is 0.151. The molecule has 0 unspecified atom stereocenters. The molecule has 0 amide bonds. The second-order valence-electron chi connectivity index (χ2n) is 9.88. The van der Waals surface area contributed by atoms with E-state index >= 15 is 0 Å². The van der Waals surface area contributed by atoms with Crippen LogP contribution < -0.4 is 0 Å². The number of benzene rings is 3. The number of esters is 1. The van der Waals surface area contributed by atoms with Crippen LogP contribution in [0.4, 0.5) is 13.2 Å². The summed E-state index contributed by atoms with van der Waals surface area (Å²) >= 11 is 0. The molecule has 0 radical (unpaired) electrons. The van der Waals surface area contributed by atoms with Gasteiger partial charge in [-0.3, -0.25) is 9.59 Å². The van der Waals surface area contributed by atoms with E-state index in [4.69, 9.17) is 17.7 Å². The zero-order valence-corrected chi connectivity index (χ0v) is 25.3. The fraction of sp³-hybridized carbons (Fsp3) is 0.355. The van der Waals surface area contributed by atoms with Crippen molar-refractivity contribution in [2.24, 2.45) is 5.92 Å². The highest BCUT2D eigenvalue weighted by Gasteiger charge is 2.37. The lowest BCUT2D eigenvalue weighted by Gasteiger charge is -2.31. The minimum atomic E-state index is -6.09. The molecule has 1 aliphatic heterocycles.